The summed E-state index contributed by atoms with van der Waals surface area (Å²) in [5.41, 5.74) is 21.4. The fourth-order valence-electron chi connectivity index (χ4n) is 12.1. The third-order valence-corrected chi connectivity index (χ3v) is 15.6. The highest BCUT2D eigenvalue weighted by atomic mass is 15.0. The molecule has 3 heterocycles. The molecule has 0 unspecified atom stereocenters. The van der Waals surface area contributed by atoms with E-state index in [-0.39, 0.29) is 0 Å². The Hall–Kier alpha value is -10.3. The summed E-state index contributed by atoms with van der Waals surface area (Å²) in [6, 6.07) is 98.9. The fourth-order valence-corrected chi connectivity index (χ4v) is 12.1. The quantitative estimate of drug-likeness (QED) is 0.138. The number of aliphatic imine (C=N–C) groups is 1. The topological polar surface area (TPSA) is 27.1 Å². The highest BCUT2D eigenvalue weighted by Crippen LogP contribution is 2.40. The first-order valence-electron chi connectivity index (χ1n) is 26.8. The van der Waals surface area contributed by atoms with Crippen molar-refractivity contribution in [3.8, 4) is 28.2 Å². The van der Waals surface area contributed by atoms with Crippen LogP contribution >= 0.6 is 0 Å². The third kappa shape index (κ3) is 7.73. The third-order valence-electron chi connectivity index (χ3n) is 15.6. The highest BCUT2D eigenvalue weighted by molar-refractivity contribution is 6.37. The van der Waals surface area contributed by atoms with E-state index in [2.05, 4.69) is 305 Å². The van der Waals surface area contributed by atoms with E-state index in [1.54, 1.807) is 0 Å². The molecule has 0 fully saturated rings. The number of benzene rings is 11. The number of rotatable bonds is 9. The standard InChI is InChI=1S/C74H50N4/c1-2-20-50(21-3-1)42-57-44-56(54-25-18-28-59(46-54)77-70-38-12-6-32-63(70)64-33-7-13-39-71(64)77)48-67(55-26-19-29-60(47-55)78-72-40-14-8-34-65(72)66-35-9-15-41-73(66)78)74(57)75-49-51-22-16-23-52(43-51)53-24-17-27-58(45-53)76-68-36-10-4-30-61(68)62-31-5-11-37-69(62)76/h1-48H,49H2/b57-42+,75-74?. The van der Waals surface area contributed by atoms with Crippen LogP contribution in [0.3, 0.4) is 0 Å². The van der Waals surface area contributed by atoms with Crippen molar-refractivity contribution in [1.29, 1.82) is 0 Å². The Morgan fingerprint density at radius 3 is 1.15 bits per heavy atom. The van der Waals surface area contributed by atoms with Crippen LogP contribution in [-0.2, 0) is 6.54 Å². The van der Waals surface area contributed by atoms with Crippen molar-refractivity contribution in [2.75, 3.05) is 0 Å². The van der Waals surface area contributed by atoms with Crippen LogP contribution in [0.25, 0.3) is 111 Å². The summed E-state index contributed by atoms with van der Waals surface area (Å²) in [7, 11) is 0. The van der Waals surface area contributed by atoms with Gasteiger partial charge in [-0.25, -0.2) is 0 Å². The van der Waals surface area contributed by atoms with E-state index in [9.17, 15) is 0 Å². The summed E-state index contributed by atoms with van der Waals surface area (Å²) in [6.45, 7) is 0.484. The van der Waals surface area contributed by atoms with Crippen LogP contribution in [0.4, 0.5) is 0 Å². The molecule has 14 aromatic rings. The van der Waals surface area contributed by atoms with Gasteiger partial charge in [0.15, 0.2) is 0 Å². The van der Waals surface area contributed by atoms with Crippen LogP contribution in [0.5, 0.6) is 0 Å². The van der Waals surface area contributed by atoms with Gasteiger partial charge < -0.3 is 13.7 Å². The molecule has 4 nitrogen and oxygen atoms in total. The van der Waals surface area contributed by atoms with E-state index in [0.717, 1.165) is 72.9 Å². The highest BCUT2D eigenvalue weighted by Gasteiger charge is 2.23. The number of hydrogen-bond acceptors (Lipinski definition) is 1. The Bertz CT molecular complexity index is 4660. The molecule has 15 rings (SSSR count). The lowest BCUT2D eigenvalue weighted by atomic mass is 9.85. The van der Waals surface area contributed by atoms with E-state index in [0.29, 0.717) is 6.54 Å². The Balaban J connectivity index is 0.882. The van der Waals surface area contributed by atoms with Crippen LogP contribution in [0.1, 0.15) is 22.3 Å². The lowest BCUT2D eigenvalue weighted by Crippen LogP contribution is -2.11. The van der Waals surface area contributed by atoms with Gasteiger partial charge in [0.1, 0.15) is 0 Å². The monoisotopic (exact) mass is 994 g/mol. The van der Waals surface area contributed by atoms with Crippen molar-refractivity contribution in [3.63, 3.8) is 0 Å². The minimum Gasteiger partial charge on any atom is -0.309 e. The van der Waals surface area contributed by atoms with Crippen molar-refractivity contribution in [2.45, 2.75) is 6.54 Å². The maximum atomic E-state index is 5.72. The van der Waals surface area contributed by atoms with Crippen molar-refractivity contribution >= 4 is 88.4 Å². The SMILES string of the molecule is C1=C(c2cccc(-n3c4ccccc4c4ccccc43)c2)C=C(c2cccc(-n3c4ccccc4c4ccccc43)c2)C(=NCc2cccc(-c3cccc(-n4c5ccccc5c5ccccc54)c3)c2)/C1=C/c1ccccc1. The Morgan fingerprint density at radius 2 is 0.679 bits per heavy atom. The zero-order valence-corrected chi connectivity index (χ0v) is 42.7. The van der Waals surface area contributed by atoms with E-state index in [4.69, 9.17) is 4.99 Å². The molecule has 3 aromatic heterocycles. The molecule has 11 aromatic carbocycles. The molecule has 0 atom stereocenters. The predicted octanol–water partition coefficient (Wildman–Crippen LogP) is 18.9. The lowest BCUT2D eigenvalue weighted by molar-refractivity contribution is 1.07. The Labute approximate surface area is 452 Å². The molecule has 366 valence electrons. The summed E-state index contributed by atoms with van der Waals surface area (Å²) in [5, 5.41) is 7.47. The van der Waals surface area contributed by atoms with Crippen molar-refractivity contribution in [3.05, 3.63) is 313 Å². The summed E-state index contributed by atoms with van der Waals surface area (Å²) >= 11 is 0. The van der Waals surface area contributed by atoms with Gasteiger partial charge in [-0.3, -0.25) is 4.99 Å². The molecular weight excluding hydrogens is 945 g/mol. The summed E-state index contributed by atoms with van der Waals surface area (Å²) in [4.78, 5) is 5.72. The second-order valence-electron chi connectivity index (χ2n) is 20.3. The van der Waals surface area contributed by atoms with Gasteiger partial charge in [0.2, 0.25) is 0 Å². The molecule has 78 heavy (non-hydrogen) atoms. The lowest BCUT2D eigenvalue weighted by Gasteiger charge is -2.22. The van der Waals surface area contributed by atoms with Gasteiger partial charge in [0, 0.05) is 60.5 Å². The van der Waals surface area contributed by atoms with Gasteiger partial charge in [0.25, 0.3) is 0 Å². The molecule has 0 bridgehead atoms. The van der Waals surface area contributed by atoms with Crippen molar-refractivity contribution < 1.29 is 0 Å². The van der Waals surface area contributed by atoms with Crippen LogP contribution in [0.2, 0.25) is 0 Å². The zero-order valence-electron chi connectivity index (χ0n) is 42.7. The minimum absolute atomic E-state index is 0.484. The summed E-state index contributed by atoms with van der Waals surface area (Å²) in [6.07, 6.45) is 7.01. The molecule has 4 heteroatoms. The molecule has 1 aliphatic rings. The number of aromatic nitrogens is 3. The second kappa shape index (κ2) is 18.8. The van der Waals surface area contributed by atoms with Gasteiger partial charge in [-0.1, -0.05) is 194 Å². The van der Waals surface area contributed by atoms with Crippen LogP contribution in [-0.4, -0.2) is 19.4 Å². The van der Waals surface area contributed by atoms with E-state index in [1.165, 1.54) is 65.4 Å². The fraction of sp³-hybridized carbons (Fsp3) is 0.0135. The number of para-hydroxylation sites is 6. The van der Waals surface area contributed by atoms with Crippen LogP contribution in [0.15, 0.2) is 296 Å². The molecule has 1 aliphatic carbocycles. The average Bonchev–Trinajstić information content (AvgIpc) is 4.22. The Morgan fingerprint density at radius 1 is 0.308 bits per heavy atom. The second-order valence-corrected chi connectivity index (χ2v) is 20.3. The van der Waals surface area contributed by atoms with Crippen molar-refractivity contribution in [2.24, 2.45) is 4.99 Å². The molecule has 0 saturated heterocycles. The van der Waals surface area contributed by atoms with Gasteiger partial charge in [-0.15, -0.1) is 0 Å². The molecule has 0 spiro atoms. The van der Waals surface area contributed by atoms with E-state index >= 15 is 0 Å². The molecule has 0 aliphatic heterocycles. The number of allylic oxidation sites excluding steroid dienone is 5. The normalized spacial score (nSPS) is 13.9. The number of hydrogen-bond donors (Lipinski definition) is 0. The first-order chi connectivity index (χ1) is 38.7. The molecular formula is C74H50N4. The summed E-state index contributed by atoms with van der Waals surface area (Å²) < 4.78 is 7.20. The van der Waals surface area contributed by atoms with Gasteiger partial charge in [-0.2, -0.15) is 0 Å². The summed E-state index contributed by atoms with van der Waals surface area (Å²) in [5.74, 6) is 0. The van der Waals surface area contributed by atoms with Crippen LogP contribution in [0, 0.1) is 0 Å². The van der Waals surface area contributed by atoms with Crippen molar-refractivity contribution in [1.82, 2.24) is 13.7 Å². The maximum Gasteiger partial charge on any atom is 0.0729 e. The van der Waals surface area contributed by atoms with Crippen LogP contribution < -0.4 is 0 Å². The zero-order chi connectivity index (χ0) is 51.5. The smallest absolute Gasteiger partial charge is 0.0729 e. The molecule has 0 radical (unpaired) electrons. The molecule has 0 saturated carbocycles. The first kappa shape index (κ1) is 45.1. The molecule has 0 N–H and O–H groups in total. The largest absolute Gasteiger partial charge is 0.309 e. The van der Waals surface area contributed by atoms with Gasteiger partial charge >= 0.3 is 0 Å². The van der Waals surface area contributed by atoms with E-state index < -0.39 is 0 Å². The van der Waals surface area contributed by atoms with Gasteiger partial charge in [0.05, 0.1) is 45.4 Å². The van der Waals surface area contributed by atoms with E-state index in [1.807, 2.05) is 0 Å². The first-order valence-corrected chi connectivity index (χ1v) is 26.8. The average molecular weight is 995 g/mol. The minimum atomic E-state index is 0.484. The predicted molar refractivity (Wildman–Crippen MR) is 329 cm³/mol. The number of fused-ring (bicyclic) bond motifs is 9. The number of nitrogens with zero attached hydrogens (tertiary/aromatic N) is 4. The maximum absolute atomic E-state index is 5.72. The Kier molecular flexibility index (Phi) is 10.9. The molecule has 0 amide bonds. The van der Waals surface area contributed by atoms with Gasteiger partial charge in [-0.05, 0) is 136 Å².